The Morgan fingerprint density at radius 1 is 1.00 bits per heavy atom. The monoisotopic (exact) mass is 454 g/mol. The summed E-state index contributed by atoms with van der Waals surface area (Å²) in [5.41, 5.74) is 2.83. The molecule has 0 atom stereocenters. The summed E-state index contributed by atoms with van der Waals surface area (Å²) in [7, 11) is 0. The lowest BCUT2D eigenvalue weighted by Crippen LogP contribution is -2.43. The van der Waals surface area contributed by atoms with Crippen molar-refractivity contribution in [2.75, 3.05) is 31.1 Å². The smallest absolute Gasteiger partial charge is 0.163 e. The van der Waals surface area contributed by atoms with Gasteiger partial charge in [-0.3, -0.25) is 9.59 Å². The minimum atomic E-state index is -0.263. The van der Waals surface area contributed by atoms with Crippen molar-refractivity contribution in [3.8, 4) is 5.75 Å². The first-order valence-corrected chi connectivity index (χ1v) is 10.3. The van der Waals surface area contributed by atoms with E-state index in [0.717, 1.165) is 47.5 Å². The molecule has 150 valence electrons. The third kappa shape index (κ3) is 6.41. The predicted octanol–water partition coefficient (Wildman–Crippen LogP) is 3.82. The number of hydrogen-bond acceptors (Lipinski definition) is 5. The molecule has 0 aromatic heterocycles. The maximum absolute atomic E-state index is 12.1. The fourth-order valence-electron chi connectivity index (χ4n) is 3.02. The van der Waals surface area contributed by atoms with Gasteiger partial charge in [-0.2, -0.15) is 0 Å². The number of phenolic OH excluding ortho intramolecular Hbond substituents is 1. The van der Waals surface area contributed by atoms with Crippen LogP contribution in [0.5, 0.6) is 5.75 Å². The van der Waals surface area contributed by atoms with E-state index in [1.807, 2.05) is 12.1 Å². The number of halogens is 1. The van der Waals surface area contributed by atoms with Crippen LogP contribution in [0.4, 0.5) is 5.69 Å². The molecule has 1 heterocycles. The third-order valence-electron chi connectivity index (χ3n) is 4.62. The molecule has 29 heavy (non-hydrogen) atoms. The molecule has 0 unspecified atom stereocenters. The van der Waals surface area contributed by atoms with E-state index in [1.165, 1.54) is 12.2 Å². The van der Waals surface area contributed by atoms with Gasteiger partial charge < -0.3 is 15.3 Å². The molecule has 0 aliphatic carbocycles. The highest BCUT2D eigenvalue weighted by Gasteiger charge is 2.11. The average Bonchev–Trinajstić information content (AvgIpc) is 2.73. The highest BCUT2D eigenvalue weighted by atomic mass is 79.9. The van der Waals surface area contributed by atoms with Crippen molar-refractivity contribution in [1.29, 1.82) is 0 Å². The molecule has 6 heteroatoms. The van der Waals surface area contributed by atoms with Crippen LogP contribution in [0.25, 0.3) is 12.2 Å². The molecule has 2 aromatic rings. The molecule has 0 saturated carbocycles. The zero-order valence-electron chi connectivity index (χ0n) is 16.0. The number of phenols is 1. The van der Waals surface area contributed by atoms with Crippen LogP contribution in [0, 0.1) is 0 Å². The topological polar surface area (TPSA) is 69.6 Å². The van der Waals surface area contributed by atoms with Crippen molar-refractivity contribution in [2.45, 2.75) is 6.42 Å². The summed E-state index contributed by atoms with van der Waals surface area (Å²) in [5, 5.41) is 12.6. The SMILES string of the molecule is O=C(C=Cc1ccc(O)cc1)CC(=O)C=Cc1ccc(N2CCNCC2)cc1Br. The van der Waals surface area contributed by atoms with E-state index in [4.69, 9.17) is 0 Å². The normalized spacial score (nSPS) is 14.6. The Morgan fingerprint density at radius 3 is 2.31 bits per heavy atom. The minimum absolute atomic E-state index is 0.168. The van der Waals surface area contributed by atoms with Crippen molar-refractivity contribution in [1.82, 2.24) is 5.32 Å². The number of anilines is 1. The second kappa shape index (κ2) is 10.2. The van der Waals surface area contributed by atoms with E-state index in [9.17, 15) is 14.7 Å². The first kappa shape index (κ1) is 21.0. The summed E-state index contributed by atoms with van der Waals surface area (Å²) in [6.07, 6.45) is 6.00. The molecule has 1 fully saturated rings. The number of nitrogens with zero attached hydrogens (tertiary/aromatic N) is 1. The van der Waals surface area contributed by atoms with Crippen LogP contribution in [0.2, 0.25) is 0 Å². The number of ketones is 2. The number of nitrogens with one attached hydrogen (secondary N) is 1. The summed E-state index contributed by atoms with van der Waals surface area (Å²) in [6, 6.07) is 12.6. The minimum Gasteiger partial charge on any atom is -0.508 e. The third-order valence-corrected chi connectivity index (χ3v) is 5.30. The number of aromatic hydroxyl groups is 1. The van der Waals surface area contributed by atoms with Crippen LogP contribution in [0.15, 0.2) is 59.1 Å². The lowest BCUT2D eigenvalue weighted by atomic mass is 10.1. The molecule has 0 amide bonds. The summed E-state index contributed by atoms with van der Waals surface area (Å²) in [6.45, 7) is 3.89. The maximum atomic E-state index is 12.1. The summed E-state index contributed by atoms with van der Waals surface area (Å²) in [5.74, 6) is -0.342. The van der Waals surface area contributed by atoms with E-state index >= 15 is 0 Å². The molecule has 5 nitrogen and oxygen atoms in total. The van der Waals surface area contributed by atoms with Crippen LogP contribution in [0.3, 0.4) is 0 Å². The fourth-order valence-corrected chi connectivity index (χ4v) is 3.52. The molecular formula is C23H23BrN2O3. The number of carbonyl (C=O) groups is 2. The molecule has 2 aromatic carbocycles. The first-order chi connectivity index (χ1) is 14.0. The Bertz CT molecular complexity index is 930. The van der Waals surface area contributed by atoms with Gasteiger partial charge in [-0.15, -0.1) is 0 Å². The summed E-state index contributed by atoms with van der Waals surface area (Å²) < 4.78 is 0.913. The Hall–Kier alpha value is -2.70. The van der Waals surface area contributed by atoms with E-state index in [1.54, 1.807) is 36.4 Å². The molecule has 1 aliphatic rings. The second-order valence-corrected chi connectivity index (χ2v) is 7.66. The Balaban J connectivity index is 1.55. The highest BCUT2D eigenvalue weighted by Crippen LogP contribution is 2.25. The van der Waals surface area contributed by atoms with Gasteiger partial charge in [-0.1, -0.05) is 46.3 Å². The van der Waals surface area contributed by atoms with E-state index < -0.39 is 0 Å². The Kier molecular flexibility index (Phi) is 7.38. The van der Waals surface area contributed by atoms with Gasteiger partial charge in [-0.25, -0.2) is 0 Å². The quantitative estimate of drug-likeness (QED) is 0.491. The Labute approximate surface area is 178 Å². The van der Waals surface area contributed by atoms with Gasteiger partial charge in [-0.05, 0) is 47.5 Å². The molecule has 2 N–H and O–H groups in total. The predicted molar refractivity (Wildman–Crippen MR) is 120 cm³/mol. The van der Waals surface area contributed by atoms with Gasteiger partial charge in [0.2, 0.25) is 0 Å². The number of piperazine rings is 1. The summed E-state index contributed by atoms with van der Waals surface area (Å²) >= 11 is 3.57. The zero-order valence-corrected chi connectivity index (χ0v) is 17.6. The number of allylic oxidation sites excluding steroid dienone is 2. The van der Waals surface area contributed by atoms with Gasteiger partial charge in [0.25, 0.3) is 0 Å². The van der Waals surface area contributed by atoms with Gasteiger partial charge in [0.1, 0.15) is 5.75 Å². The number of carbonyl (C=O) groups excluding carboxylic acids is 2. The van der Waals surface area contributed by atoms with Crippen LogP contribution < -0.4 is 10.2 Å². The molecule has 1 aliphatic heterocycles. The molecule has 0 radical (unpaired) electrons. The van der Waals surface area contributed by atoms with Gasteiger partial charge in [0.15, 0.2) is 11.6 Å². The van der Waals surface area contributed by atoms with Crippen molar-refractivity contribution in [3.05, 3.63) is 70.2 Å². The number of hydrogen-bond donors (Lipinski definition) is 2. The second-order valence-electron chi connectivity index (χ2n) is 6.81. The molecule has 0 spiro atoms. The maximum Gasteiger partial charge on any atom is 0.163 e. The van der Waals surface area contributed by atoms with Gasteiger partial charge in [0, 0.05) is 36.3 Å². The van der Waals surface area contributed by atoms with Crippen molar-refractivity contribution < 1.29 is 14.7 Å². The van der Waals surface area contributed by atoms with Crippen LogP contribution in [-0.2, 0) is 9.59 Å². The fraction of sp³-hybridized carbons (Fsp3) is 0.217. The lowest BCUT2D eigenvalue weighted by molar-refractivity contribution is -0.121. The van der Waals surface area contributed by atoms with Crippen LogP contribution >= 0.6 is 15.9 Å². The van der Waals surface area contributed by atoms with E-state index in [-0.39, 0.29) is 23.7 Å². The first-order valence-electron chi connectivity index (χ1n) is 9.47. The molecule has 0 bridgehead atoms. The van der Waals surface area contributed by atoms with Gasteiger partial charge >= 0.3 is 0 Å². The highest BCUT2D eigenvalue weighted by molar-refractivity contribution is 9.10. The molecule has 3 rings (SSSR count). The van der Waals surface area contributed by atoms with E-state index in [2.05, 4.69) is 32.2 Å². The zero-order chi connectivity index (χ0) is 20.6. The summed E-state index contributed by atoms with van der Waals surface area (Å²) in [4.78, 5) is 26.4. The van der Waals surface area contributed by atoms with Crippen molar-refractivity contribution in [2.24, 2.45) is 0 Å². The van der Waals surface area contributed by atoms with Crippen molar-refractivity contribution in [3.63, 3.8) is 0 Å². The number of rotatable bonds is 7. The Morgan fingerprint density at radius 2 is 1.66 bits per heavy atom. The lowest BCUT2D eigenvalue weighted by Gasteiger charge is -2.29. The van der Waals surface area contributed by atoms with Gasteiger partial charge in [0.05, 0.1) is 6.42 Å². The molecule has 1 saturated heterocycles. The van der Waals surface area contributed by atoms with Crippen LogP contribution in [0.1, 0.15) is 17.5 Å². The van der Waals surface area contributed by atoms with Crippen molar-refractivity contribution >= 4 is 45.3 Å². The average molecular weight is 455 g/mol. The molecular weight excluding hydrogens is 432 g/mol. The largest absolute Gasteiger partial charge is 0.508 e. The number of benzene rings is 2. The van der Waals surface area contributed by atoms with E-state index in [0.29, 0.717) is 0 Å². The van der Waals surface area contributed by atoms with Crippen LogP contribution in [-0.4, -0.2) is 42.9 Å². The standard InChI is InChI=1S/C23H23BrN2O3/c24-23-15-19(26-13-11-25-12-14-26)6-4-18(23)5-10-22(29)16-21(28)9-3-17-1-7-20(27)8-2-17/h1-10,15,25,27H,11-14,16H2.